The second-order valence-electron chi connectivity index (χ2n) is 10.5. The molecule has 0 radical (unpaired) electrons. The fourth-order valence-electron chi connectivity index (χ4n) is 7.79. The molecule has 1 spiro atoms. The third-order valence-corrected chi connectivity index (χ3v) is 9.24. The zero-order chi connectivity index (χ0) is 18.6. The van der Waals surface area contributed by atoms with Gasteiger partial charge in [-0.1, -0.05) is 20.8 Å². The molecule has 0 aromatic carbocycles. The molecule has 0 aromatic heterocycles. The fraction of sp³-hybridized carbons (Fsp3) is 1.00. The van der Waals surface area contributed by atoms with Crippen molar-refractivity contribution in [2.24, 2.45) is 34.5 Å². The monoisotopic (exact) mass is 354 g/mol. The van der Waals surface area contributed by atoms with Crippen molar-refractivity contribution in [2.45, 2.75) is 89.3 Å². The summed E-state index contributed by atoms with van der Waals surface area (Å²) in [5.41, 5.74) is -3.65. The van der Waals surface area contributed by atoms with Gasteiger partial charge in [0.2, 0.25) is 0 Å². The fourth-order valence-corrected chi connectivity index (χ4v) is 7.79. The lowest BCUT2D eigenvalue weighted by molar-refractivity contribution is -0.178. The Morgan fingerprint density at radius 2 is 1.44 bits per heavy atom. The van der Waals surface area contributed by atoms with Crippen LogP contribution in [0.3, 0.4) is 0 Å². The summed E-state index contributed by atoms with van der Waals surface area (Å²) in [6.45, 7) is 7.59. The van der Waals surface area contributed by atoms with E-state index < -0.39 is 40.3 Å². The maximum atomic E-state index is 11.7. The molecule has 0 aliphatic heterocycles. The van der Waals surface area contributed by atoms with Crippen LogP contribution in [-0.2, 0) is 0 Å². The van der Waals surface area contributed by atoms with Crippen molar-refractivity contribution in [1.82, 2.24) is 0 Å². The molecule has 0 saturated heterocycles. The van der Waals surface area contributed by atoms with Crippen molar-refractivity contribution in [3.05, 3.63) is 0 Å². The lowest BCUT2D eigenvalue weighted by Crippen LogP contribution is -2.57. The minimum absolute atomic E-state index is 0.0723. The predicted octanol–water partition coefficient (Wildman–Crippen LogP) is 1.05. The molecule has 5 heteroatoms. The Kier molecular flexibility index (Phi) is 3.63. The molecule has 25 heavy (non-hydrogen) atoms. The maximum absolute atomic E-state index is 11.7. The van der Waals surface area contributed by atoms with Crippen LogP contribution in [0.25, 0.3) is 0 Å². The van der Waals surface area contributed by atoms with Gasteiger partial charge in [0, 0.05) is 16.7 Å². The van der Waals surface area contributed by atoms with Crippen molar-refractivity contribution in [3.63, 3.8) is 0 Å². The molecule has 4 saturated carbocycles. The number of hydrogen-bond donors (Lipinski definition) is 5. The molecular formula is C20H34O5. The van der Waals surface area contributed by atoms with Crippen LogP contribution in [0.2, 0.25) is 0 Å². The average Bonchev–Trinajstić information content (AvgIpc) is 2.71. The molecule has 2 unspecified atom stereocenters. The van der Waals surface area contributed by atoms with E-state index >= 15 is 0 Å². The van der Waals surface area contributed by atoms with Gasteiger partial charge >= 0.3 is 0 Å². The predicted molar refractivity (Wildman–Crippen MR) is 92.5 cm³/mol. The molecule has 5 N–H and O–H groups in total. The van der Waals surface area contributed by atoms with Crippen molar-refractivity contribution in [3.8, 4) is 0 Å². The number of hydrogen-bond acceptors (Lipinski definition) is 5. The first-order valence-corrected chi connectivity index (χ1v) is 9.88. The summed E-state index contributed by atoms with van der Waals surface area (Å²) in [5.74, 6) is -0.147. The van der Waals surface area contributed by atoms with E-state index in [1.807, 2.05) is 20.8 Å². The van der Waals surface area contributed by atoms with Crippen molar-refractivity contribution >= 4 is 0 Å². The average molecular weight is 354 g/mol. The van der Waals surface area contributed by atoms with E-state index in [1.165, 1.54) is 0 Å². The zero-order valence-corrected chi connectivity index (χ0v) is 15.8. The molecule has 4 fully saturated rings. The van der Waals surface area contributed by atoms with Gasteiger partial charge in [-0.15, -0.1) is 0 Å². The summed E-state index contributed by atoms with van der Waals surface area (Å²) in [6.07, 6.45) is 0.606. The van der Waals surface area contributed by atoms with E-state index in [9.17, 15) is 25.5 Å². The van der Waals surface area contributed by atoms with E-state index in [1.54, 1.807) is 0 Å². The van der Waals surface area contributed by atoms with Gasteiger partial charge < -0.3 is 25.5 Å². The highest BCUT2D eigenvalue weighted by Gasteiger charge is 2.72. The van der Waals surface area contributed by atoms with E-state index in [2.05, 4.69) is 6.92 Å². The standard InChI is InChI=1S/C20H34O5/c1-10-11-5-6-12-16(23)19(11,9-18(12,4)24)8-15(22)20(25)13(10)7-14(21)17(20,2)3/h10-16,21-25H,5-9H2,1-4H3/t10-,11-,12-,13-,14-,15+,16?,18+,19-,20?/m0/s1. The number of aliphatic hydroxyl groups excluding tert-OH is 3. The molecule has 4 aliphatic carbocycles. The van der Waals surface area contributed by atoms with Crippen LogP contribution in [0, 0.1) is 34.5 Å². The van der Waals surface area contributed by atoms with Crippen molar-refractivity contribution in [1.29, 1.82) is 0 Å². The van der Waals surface area contributed by atoms with Crippen LogP contribution in [0.4, 0.5) is 0 Å². The summed E-state index contributed by atoms with van der Waals surface area (Å²) >= 11 is 0. The lowest BCUT2D eigenvalue weighted by atomic mass is 9.59. The molecule has 2 bridgehead atoms. The van der Waals surface area contributed by atoms with Gasteiger partial charge in [-0.25, -0.2) is 0 Å². The second kappa shape index (κ2) is 4.99. The third kappa shape index (κ3) is 1.92. The summed E-state index contributed by atoms with van der Waals surface area (Å²) in [5, 5.41) is 55.4. The van der Waals surface area contributed by atoms with Gasteiger partial charge in [-0.05, 0) is 56.8 Å². The third-order valence-electron chi connectivity index (χ3n) is 9.24. The van der Waals surface area contributed by atoms with Gasteiger partial charge in [0.1, 0.15) is 5.60 Å². The van der Waals surface area contributed by atoms with Crippen molar-refractivity contribution in [2.75, 3.05) is 0 Å². The largest absolute Gasteiger partial charge is 0.392 e. The van der Waals surface area contributed by atoms with Gasteiger partial charge in [0.25, 0.3) is 0 Å². The normalized spacial score (nSPS) is 63.0. The van der Waals surface area contributed by atoms with Crippen LogP contribution in [0.15, 0.2) is 0 Å². The minimum Gasteiger partial charge on any atom is -0.392 e. The number of fused-ring (bicyclic) bond motifs is 2. The maximum Gasteiger partial charge on any atom is 0.101 e. The molecule has 144 valence electrons. The zero-order valence-electron chi connectivity index (χ0n) is 15.8. The molecule has 4 aliphatic rings. The molecule has 0 amide bonds. The smallest absolute Gasteiger partial charge is 0.101 e. The highest BCUT2D eigenvalue weighted by atomic mass is 16.4. The quantitative estimate of drug-likeness (QED) is 0.448. The van der Waals surface area contributed by atoms with E-state index in [0.717, 1.165) is 12.8 Å². The molecule has 4 rings (SSSR count). The molecule has 10 atom stereocenters. The summed E-state index contributed by atoms with van der Waals surface area (Å²) < 4.78 is 0. The van der Waals surface area contributed by atoms with Gasteiger partial charge in [-0.2, -0.15) is 0 Å². The summed E-state index contributed by atoms with van der Waals surface area (Å²) in [6, 6.07) is 0. The Morgan fingerprint density at radius 1 is 0.840 bits per heavy atom. The van der Waals surface area contributed by atoms with E-state index in [4.69, 9.17) is 0 Å². The minimum atomic E-state index is -1.37. The van der Waals surface area contributed by atoms with Crippen molar-refractivity contribution < 1.29 is 25.5 Å². The molecule has 5 nitrogen and oxygen atoms in total. The Bertz CT molecular complexity index is 574. The Labute approximate surface area is 150 Å². The topological polar surface area (TPSA) is 101 Å². The first-order chi connectivity index (χ1) is 11.4. The van der Waals surface area contributed by atoms with Crippen LogP contribution in [0.1, 0.15) is 59.8 Å². The molecular weight excluding hydrogens is 320 g/mol. The van der Waals surface area contributed by atoms with Gasteiger partial charge in [0.15, 0.2) is 0 Å². The SMILES string of the molecule is C[C@@H]1[C@@H]2C[C@H](O)C(C)(C)C2(O)[C@H](O)C[C@]23C[C@@](C)(O)[C@@H](CC[C@@H]12)C3O. The summed E-state index contributed by atoms with van der Waals surface area (Å²) in [4.78, 5) is 0. The Morgan fingerprint density at radius 3 is 2.08 bits per heavy atom. The van der Waals surface area contributed by atoms with Crippen LogP contribution >= 0.6 is 0 Å². The van der Waals surface area contributed by atoms with E-state index in [0.29, 0.717) is 19.3 Å². The first-order valence-electron chi connectivity index (χ1n) is 9.88. The number of aliphatic hydroxyl groups is 5. The Balaban J connectivity index is 1.83. The lowest BCUT2D eigenvalue weighted by Gasteiger charge is -2.47. The molecule has 0 heterocycles. The van der Waals surface area contributed by atoms with Crippen LogP contribution < -0.4 is 0 Å². The Hall–Kier alpha value is -0.200. The first kappa shape index (κ1) is 18.2. The highest BCUT2D eigenvalue weighted by molar-refractivity contribution is 5.22. The second-order valence-corrected chi connectivity index (χ2v) is 10.5. The van der Waals surface area contributed by atoms with E-state index in [-0.39, 0.29) is 23.7 Å². The highest BCUT2D eigenvalue weighted by Crippen LogP contribution is 2.68. The molecule has 0 aromatic rings. The van der Waals surface area contributed by atoms with Crippen LogP contribution in [0.5, 0.6) is 0 Å². The van der Waals surface area contributed by atoms with Gasteiger partial charge in [-0.3, -0.25) is 0 Å². The van der Waals surface area contributed by atoms with Gasteiger partial charge in [0.05, 0.1) is 23.9 Å². The summed E-state index contributed by atoms with van der Waals surface area (Å²) in [7, 11) is 0. The number of rotatable bonds is 0. The van der Waals surface area contributed by atoms with Crippen LogP contribution in [-0.4, -0.2) is 55.0 Å².